The summed E-state index contributed by atoms with van der Waals surface area (Å²) in [6, 6.07) is 7.86. The van der Waals surface area contributed by atoms with E-state index in [0.717, 1.165) is 18.2 Å². The van der Waals surface area contributed by atoms with Gasteiger partial charge in [0.1, 0.15) is 10.2 Å². The van der Waals surface area contributed by atoms with E-state index in [1.54, 1.807) is 0 Å². The number of sulfonamides is 2. The summed E-state index contributed by atoms with van der Waals surface area (Å²) in [6.45, 7) is 4.40. The van der Waals surface area contributed by atoms with Crippen LogP contribution in [0.15, 0.2) is 57.1 Å². The van der Waals surface area contributed by atoms with Crippen molar-refractivity contribution >= 4 is 61.4 Å². The lowest BCUT2D eigenvalue weighted by Crippen LogP contribution is -2.41. The minimum atomic E-state index is -4.95. The van der Waals surface area contributed by atoms with Gasteiger partial charge < -0.3 is 14.8 Å². The lowest BCUT2D eigenvalue weighted by molar-refractivity contribution is 0.0945. The smallest absolute Gasteiger partial charge is 0.321 e. The van der Waals surface area contributed by atoms with Crippen LogP contribution in [-0.4, -0.2) is 54.9 Å². The number of hydrazine groups is 1. The molecule has 0 aliphatic rings. The Morgan fingerprint density at radius 1 is 1.03 bits per heavy atom. The molecular weight excluding hydrogens is 595 g/mol. The molecule has 1 heterocycles. The highest BCUT2D eigenvalue weighted by Crippen LogP contribution is 2.33. The number of hydrogen-bond acceptors (Lipinski definition) is 7. The van der Waals surface area contributed by atoms with E-state index in [0.29, 0.717) is 25.9 Å². The van der Waals surface area contributed by atoms with Gasteiger partial charge in [-0.1, -0.05) is 25.4 Å². The van der Waals surface area contributed by atoms with Gasteiger partial charge in [0.15, 0.2) is 0 Å². The van der Waals surface area contributed by atoms with Crippen molar-refractivity contribution in [2.45, 2.75) is 36.5 Å². The average molecular weight is 621 g/mol. The van der Waals surface area contributed by atoms with Gasteiger partial charge in [0.2, 0.25) is 10.0 Å². The highest BCUT2D eigenvalue weighted by molar-refractivity contribution is 7.89. The fourth-order valence-corrected chi connectivity index (χ4v) is 7.29. The number of benzene rings is 2. The predicted octanol–water partition coefficient (Wildman–Crippen LogP) is 1.42. The number of carbonyl (C=O) groups is 1. The zero-order chi connectivity index (χ0) is 29.2. The van der Waals surface area contributed by atoms with Crippen molar-refractivity contribution in [3.05, 3.63) is 63.4 Å². The molecule has 3 aromatic rings. The fraction of sp³-hybridized carbons (Fsp3) is 0.273. The van der Waals surface area contributed by atoms with Crippen LogP contribution in [-0.2, 0) is 24.6 Å². The second-order valence-corrected chi connectivity index (χ2v) is 14.0. The number of H-pyrrole nitrogens is 1. The van der Waals surface area contributed by atoms with E-state index in [4.69, 9.17) is 11.6 Å². The largest absolute Gasteiger partial charge is 0.361 e. The molecule has 39 heavy (non-hydrogen) atoms. The lowest BCUT2D eigenvalue weighted by Gasteiger charge is -2.21. The van der Waals surface area contributed by atoms with Crippen LogP contribution in [0.1, 0.15) is 37.0 Å². The number of nitrogens with one attached hydrogen (secondary N) is 3. The van der Waals surface area contributed by atoms with Crippen LogP contribution >= 0.6 is 19.2 Å². The van der Waals surface area contributed by atoms with E-state index >= 15 is 0 Å². The number of aromatic nitrogens is 1. The van der Waals surface area contributed by atoms with Crippen LogP contribution in [0.25, 0.3) is 10.9 Å². The van der Waals surface area contributed by atoms with Crippen molar-refractivity contribution in [3.63, 3.8) is 0 Å². The Labute approximate surface area is 229 Å². The van der Waals surface area contributed by atoms with E-state index in [-0.39, 0.29) is 26.4 Å². The summed E-state index contributed by atoms with van der Waals surface area (Å²) in [4.78, 5) is 46.7. The molecule has 0 aliphatic carbocycles. The summed E-state index contributed by atoms with van der Waals surface area (Å²) < 4.78 is 64.4. The molecule has 0 saturated heterocycles. The molecule has 0 saturated carbocycles. The van der Waals surface area contributed by atoms with Gasteiger partial charge in [-0.05, 0) is 55.3 Å². The first kappa shape index (κ1) is 30.9. The maximum Gasteiger partial charge on any atom is 0.361 e. The van der Waals surface area contributed by atoms with Crippen LogP contribution < -0.4 is 21.1 Å². The summed E-state index contributed by atoms with van der Waals surface area (Å²) >= 11 is 6.06. The Hall–Kier alpha value is -2.62. The number of halogens is 1. The van der Waals surface area contributed by atoms with Crippen molar-refractivity contribution in [1.29, 1.82) is 0 Å². The summed E-state index contributed by atoms with van der Waals surface area (Å²) in [6.07, 6.45) is 1.26. The Balaban J connectivity index is 1.82. The van der Waals surface area contributed by atoms with Crippen molar-refractivity contribution in [3.8, 4) is 0 Å². The average Bonchev–Trinajstić information content (AvgIpc) is 2.85. The SMILES string of the molecule is CCCN(CCC)S(=O)(=O)c1ccc(C(=O)NNS(=O)(=O)c2cc3cc(P(=O)(O)O)c(=O)[nH]c3cc2Cl)cc1. The Morgan fingerprint density at radius 2 is 1.62 bits per heavy atom. The highest BCUT2D eigenvalue weighted by atomic mass is 35.5. The van der Waals surface area contributed by atoms with Crippen LogP contribution in [0.2, 0.25) is 5.02 Å². The first-order valence-electron chi connectivity index (χ1n) is 11.5. The molecule has 0 atom stereocenters. The number of fused-ring (bicyclic) bond motifs is 1. The molecule has 0 bridgehead atoms. The van der Waals surface area contributed by atoms with Crippen LogP contribution in [0.5, 0.6) is 0 Å². The molecule has 0 unspecified atom stereocenters. The molecule has 17 heteroatoms. The molecule has 212 valence electrons. The molecule has 1 amide bonds. The van der Waals surface area contributed by atoms with Gasteiger partial charge in [-0.15, -0.1) is 4.83 Å². The second kappa shape index (κ2) is 11.9. The third-order valence-electron chi connectivity index (χ3n) is 5.48. The molecule has 3 rings (SSSR count). The standard InChI is InChI=1S/C22H26ClN4O9PS2/c1-3-9-27(10-4-2)39(35,36)16-7-5-14(6-8-16)21(28)25-26-38(33,34)20-12-15-11-19(37(30,31)32)22(29)24-18(15)13-17(20)23/h5-8,11-13,26H,3-4,9-10H2,1-2H3,(H,24,29)(H,25,28)(H2,30,31,32). The number of nitrogens with zero attached hydrogens (tertiary/aromatic N) is 1. The molecule has 0 spiro atoms. The summed E-state index contributed by atoms with van der Waals surface area (Å²) in [5.74, 6) is -0.897. The van der Waals surface area contributed by atoms with E-state index < -0.39 is 49.3 Å². The van der Waals surface area contributed by atoms with Gasteiger partial charge in [0.05, 0.1) is 9.92 Å². The quantitative estimate of drug-likeness (QED) is 0.155. The number of amides is 1. The number of aromatic amines is 1. The second-order valence-electron chi connectivity index (χ2n) is 8.39. The third-order valence-corrected chi connectivity index (χ3v) is 10.1. The molecular formula is C22H26ClN4O9PS2. The minimum Gasteiger partial charge on any atom is -0.321 e. The van der Waals surface area contributed by atoms with Crippen molar-refractivity contribution in [2.75, 3.05) is 13.1 Å². The third kappa shape index (κ3) is 6.94. The van der Waals surface area contributed by atoms with Gasteiger partial charge >= 0.3 is 7.60 Å². The number of hydrogen-bond donors (Lipinski definition) is 5. The molecule has 0 fully saturated rings. The fourth-order valence-electron chi connectivity index (χ4n) is 3.64. The number of rotatable bonds is 11. The Morgan fingerprint density at radius 3 is 2.15 bits per heavy atom. The van der Waals surface area contributed by atoms with Gasteiger partial charge in [0.25, 0.3) is 21.5 Å². The molecule has 1 aromatic heterocycles. The molecule has 2 aromatic carbocycles. The van der Waals surface area contributed by atoms with Gasteiger partial charge in [-0.3, -0.25) is 19.6 Å². The lowest BCUT2D eigenvalue weighted by atomic mass is 10.2. The number of carbonyl (C=O) groups excluding carboxylic acids is 1. The first-order chi connectivity index (χ1) is 18.1. The summed E-state index contributed by atoms with van der Waals surface area (Å²) in [7, 11) is -13.2. The Kier molecular flexibility index (Phi) is 9.40. The Bertz CT molecular complexity index is 1710. The molecule has 0 radical (unpaired) electrons. The number of pyridine rings is 1. The van der Waals surface area contributed by atoms with E-state index in [1.165, 1.54) is 28.6 Å². The van der Waals surface area contributed by atoms with Gasteiger partial charge in [-0.25, -0.2) is 16.8 Å². The van der Waals surface area contributed by atoms with Gasteiger partial charge in [-0.2, -0.15) is 4.31 Å². The normalized spacial score (nSPS) is 12.7. The van der Waals surface area contributed by atoms with Crippen molar-refractivity contribution in [2.24, 2.45) is 0 Å². The van der Waals surface area contributed by atoms with Crippen LogP contribution in [0.4, 0.5) is 0 Å². The van der Waals surface area contributed by atoms with E-state index in [1.807, 2.05) is 24.1 Å². The molecule has 0 aliphatic heterocycles. The molecule has 5 N–H and O–H groups in total. The minimum absolute atomic E-state index is 0.0165. The maximum absolute atomic E-state index is 12.9. The zero-order valence-corrected chi connectivity index (χ0v) is 24.0. The topological polar surface area (TPSA) is 203 Å². The summed E-state index contributed by atoms with van der Waals surface area (Å²) in [5, 5.41) is -1.25. The van der Waals surface area contributed by atoms with Crippen molar-refractivity contribution < 1.29 is 36.0 Å². The predicted molar refractivity (Wildman–Crippen MR) is 145 cm³/mol. The van der Waals surface area contributed by atoms with Crippen molar-refractivity contribution in [1.82, 2.24) is 19.5 Å². The zero-order valence-electron chi connectivity index (χ0n) is 20.7. The van der Waals surface area contributed by atoms with Gasteiger partial charge in [0, 0.05) is 29.6 Å². The first-order valence-corrected chi connectivity index (χ1v) is 16.4. The van der Waals surface area contributed by atoms with E-state index in [9.17, 15) is 40.8 Å². The van der Waals surface area contributed by atoms with E-state index in [2.05, 4.69) is 4.98 Å². The molecule has 13 nitrogen and oxygen atoms in total. The van der Waals surface area contributed by atoms with Crippen LogP contribution in [0, 0.1) is 0 Å². The van der Waals surface area contributed by atoms with Crippen LogP contribution in [0.3, 0.4) is 0 Å². The maximum atomic E-state index is 12.9. The highest BCUT2D eigenvalue weighted by Gasteiger charge is 2.26. The summed E-state index contributed by atoms with van der Waals surface area (Å²) in [5.41, 5.74) is 0.927. The monoisotopic (exact) mass is 620 g/mol.